The molecule has 10 N–H and O–H groups in total. The number of fused-ring (bicyclic) bond motifs is 4. The number of rotatable bonds is 27. The molecule has 5 atom stereocenters. The van der Waals surface area contributed by atoms with Gasteiger partial charge in [-0.25, -0.2) is 4.21 Å². The van der Waals surface area contributed by atoms with Gasteiger partial charge in [0.2, 0.25) is 0 Å². The minimum Gasteiger partial charge on any atom is -0.392 e. The first-order valence-corrected chi connectivity index (χ1v) is 41.4. The summed E-state index contributed by atoms with van der Waals surface area (Å²) in [6, 6.07) is 52.3. The number of nitrogens with zero attached hydrogens (tertiary/aromatic N) is 5. The summed E-state index contributed by atoms with van der Waals surface area (Å²) in [4.78, 5) is 45.8. The van der Waals surface area contributed by atoms with Crippen molar-refractivity contribution in [2.75, 3.05) is 51.6 Å². The number of hydrogen-bond donors (Lipinski definition) is 9. The maximum atomic E-state index is 13.1. The summed E-state index contributed by atoms with van der Waals surface area (Å²) in [6.07, 6.45) is 4.67. The first-order valence-electron chi connectivity index (χ1n) is 39.0. The van der Waals surface area contributed by atoms with Gasteiger partial charge >= 0.3 is 0 Å². The maximum Gasteiger partial charge on any atom is 0.254 e. The standard InChI is InChI=1S/C26H37NO4S.C21H28N2O3.C19H21NO2.C13H19NO3S.C12H17NO/c1-6-27(7-2)25(30)24-11-9-8-10-20(24)15-23(18-32(31)26(3,4)5)19-12-13-21(16-28)22(14-19)17-29;1-3-23(4-2)21(26)19-8-6-5-7-15(19)12-20(22)16-9-10-17(13-24)18(11-16)14-25;21-11-16-7-14-5-6-20-10-15-4-2-1-3-13(15)9-19(20)18(14)8-17(16)12-22;1-13(2,3)18(17)14-7-10-4-5-11(8-15)12(6-10)9-16;1-4-13(5-2)12(14)11-9-7-6-8-10(11)3/h8-14,23,28-29H,6-7,15-18H2,1-5H3;5-11,20,24-25H,3-4,12-14,22H2,1-2H3;1-4,7-8,19,21-22H,5-6,9-12H2;4-7,15-16H,8-9H2,1-3H3;6-9H,4-5H2,1-3H3/t23-,32?;20-;19-;;/m100../s1. The summed E-state index contributed by atoms with van der Waals surface area (Å²) in [6.45, 7) is 30.7. The summed E-state index contributed by atoms with van der Waals surface area (Å²) < 4.78 is 28.1. The van der Waals surface area contributed by atoms with Crippen LogP contribution >= 0.6 is 0 Å². The third kappa shape index (κ3) is 25.6. The fourth-order valence-corrected chi connectivity index (χ4v) is 15.3. The van der Waals surface area contributed by atoms with E-state index < -0.39 is 21.8 Å². The van der Waals surface area contributed by atoms with Crippen LogP contribution in [0.5, 0.6) is 0 Å². The van der Waals surface area contributed by atoms with E-state index in [2.05, 4.69) is 45.7 Å². The van der Waals surface area contributed by atoms with Crippen LogP contribution in [0.3, 0.4) is 0 Å². The summed E-state index contributed by atoms with van der Waals surface area (Å²) in [5.41, 5.74) is 25.4. The second-order valence-electron chi connectivity index (χ2n) is 29.9. The minimum absolute atomic E-state index is 0.000385. The molecule has 0 aliphatic carbocycles. The molecule has 19 nitrogen and oxygen atoms in total. The minimum atomic E-state index is -1.30. The van der Waals surface area contributed by atoms with Crippen LogP contribution in [0.15, 0.2) is 168 Å². The highest BCUT2D eigenvalue weighted by molar-refractivity contribution is 7.86. The van der Waals surface area contributed by atoms with Crippen LogP contribution in [0.25, 0.3) is 0 Å². The predicted octanol–water partition coefficient (Wildman–Crippen LogP) is 12.8. The molecular formula is C91H122N6O13S2. The van der Waals surface area contributed by atoms with Crippen LogP contribution in [0.4, 0.5) is 0 Å². The molecule has 0 spiro atoms. The average Bonchev–Trinajstić information content (AvgIpc) is 0.761. The Bertz CT molecular complexity index is 4430. The number of amides is 3. The zero-order valence-corrected chi connectivity index (χ0v) is 69.6. The maximum absolute atomic E-state index is 13.1. The topological polar surface area (TPSA) is 299 Å². The Hall–Kier alpha value is -8.26. The van der Waals surface area contributed by atoms with Crippen molar-refractivity contribution in [3.8, 4) is 0 Å². The van der Waals surface area contributed by atoms with Gasteiger partial charge in [0.05, 0.1) is 57.6 Å². The lowest BCUT2D eigenvalue weighted by molar-refractivity contribution is 0.0764. The van der Waals surface area contributed by atoms with Gasteiger partial charge in [-0.15, -0.1) is 0 Å². The number of carbonyl (C=O) groups is 3. The van der Waals surface area contributed by atoms with E-state index in [1.807, 2.05) is 198 Å². The van der Waals surface area contributed by atoms with Gasteiger partial charge in [-0.1, -0.05) is 140 Å². The highest BCUT2D eigenvalue weighted by atomic mass is 32.2. The number of carbonyl (C=O) groups excluding carboxylic acids is 3. The molecule has 2 aliphatic heterocycles. The van der Waals surface area contributed by atoms with Crippen LogP contribution < -0.4 is 5.73 Å². The summed E-state index contributed by atoms with van der Waals surface area (Å²) >= 11 is 0. The summed E-state index contributed by atoms with van der Waals surface area (Å²) in [5, 5.41) is 75.4. The van der Waals surface area contributed by atoms with Crippen molar-refractivity contribution in [3.05, 3.63) is 281 Å². The number of hydrogen-bond acceptors (Lipinski definition) is 15. The fourth-order valence-electron chi connectivity index (χ4n) is 13.6. The van der Waals surface area contributed by atoms with Gasteiger partial charge in [0, 0.05) is 109 Å². The van der Waals surface area contributed by atoms with Gasteiger partial charge in [-0.2, -0.15) is 4.40 Å². The second kappa shape index (κ2) is 45.6. The molecule has 21 heteroatoms. The lowest BCUT2D eigenvalue weighted by atomic mass is 9.82. The predicted molar refractivity (Wildman–Crippen MR) is 451 cm³/mol. The van der Waals surface area contributed by atoms with Crippen molar-refractivity contribution in [1.82, 2.24) is 19.6 Å². The molecule has 606 valence electrons. The summed E-state index contributed by atoms with van der Waals surface area (Å²) in [7, 11) is -2.39. The largest absolute Gasteiger partial charge is 0.392 e. The van der Waals surface area contributed by atoms with Crippen molar-refractivity contribution in [2.24, 2.45) is 10.1 Å². The molecule has 0 fully saturated rings. The zero-order chi connectivity index (χ0) is 82.4. The van der Waals surface area contributed by atoms with E-state index >= 15 is 0 Å². The number of aliphatic hydroxyl groups is 8. The fraction of sp³-hybridized carbons (Fsp3) is 0.429. The number of nitrogens with two attached hydrogens (primary N) is 1. The quantitative estimate of drug-likeness (QED) is 0.0216. The van der Waals surface area contributed by atoms with Crippen molar-refractivity contribution < 1.29 is 63.7 Å². The highest BCUT2D eigenvalue weighted by Gasteiger charge is 2.33. The molecule has 0 aromatic heterocycles. The molecule has 3 amide bonds. The molecule has 0 saturated carbocycles. The van der Waals surface area contributed by atoms with E-state index in [0.29, 0.717) is 95.3 Å². The highest BCUT2D eigenvalue weighted by Crippen LogP contribution is 2.40. The molecule has 112 heavy (non-hydrogen) atoms. The second-order valence-corrected chi connectivity index (χ2v) is 34.1. The Morgan fingerprint density at radius 2 is 0.884 bits per heavy atom. The molecule has 0 radical (unpaired) electrons. The van der Waals surface area contributed by atoms with Gasteiger partial charge in [0.25, 0.3) is 17.7 Å². The Labute approximate surface area is 670 Å². The number of benzene rings is 8. The van der Waals surface area contributed by atoms with E-state index in [-0.39, 0.29) is 92.0 Å². The smallest absolute Gasteiger partial charge is 0.254 e. The molecule has 8 aromatic carbocycles. The molecule has 0 bridgehead atoms. The Kier molecular flexibility index (Phi) is 37.7. The van der Waals surface area contributed by atoms with Crippen LogP contribution in [0.1, 0.15) is 232 Å². The van der Waals surface area contributed by atoms with Gasteiger partial charge in [-0.3, -0.25) is 23.5 Å². The number of aryl methyl sites for hydroxylation is 1. The molecule has 2 unspecified atom stereocenters. The van der Waals surface area contributed by atoms with E-state index in [1.54, 1.807) is 34.1 Å². The Morgan fingerprint density at radius 3 is 1.37 bits per heavy atom. The van der Waals surface area contributed by atoms with Crippen LogP contribution in [-0.4, -0.2) is 154 Å². The first-order chi connectivity index (χ1) is 53.6. The monoisotopic (exact) mass is 1570 g/mol. The van der Waals surface area contributed by atoms with E-state index in [1.165, 1.54) is 28.5 Å². The van der Waals surface area contributed by atoms with E-state index in [4.69, 9.17) is 15.9 Å². The van der Waals surface area contributed by atoms with Crippen LogP contribution in [0.2, 0.25) is 0 Å². The van der Waals surface area contributed by atoms with Gasteiger partial charge < -0.3 is 61.3 Å². The SMILES string of the molecule is CC(C)(C)S(=O)N=Cc1ccc(CO)c(CO)c1.CCN(CC)C(=O)c1ccccc1C.CCN(CC)C(=O)c1ccccc1C[C@H](CS(=O)C(C)(C)C)c1ccc(CO)c(CO)c1.CCN(CC)C(=O)c1ccccc1C[C@H](N)c1ccc(CO)c(CO)c1.OCc1cc2c(cc1CO)[C@@H]1Cc3ccccc3CN1CC2. The Morgan fingerprint density at radius 1 is 0.473 bits per heavy atom. The van der Waals surface area contributed by atoms with E-state index in [0.717, 1.165) is 89.1 Å². The van der Waals surface area contributed by atoms with Crippen molar-refractivity contribution in [3.63, 3.8) is 0 Å². The van der Waals surface area contributed by atoms with Crippen molar-refractivity contribution in [2.45, 2.75) is 203 Å². The summed E-state index contributed by atoms with van der Waals surface area (Å²) in [5.74, 6) is 0.505. The van der Waals surface area contributed by atoms with Gasteiger partial charge in [-0.05, 0) is 246 Å². The molecule has 2 heterocycles. The van der Waals surface area contributed by atoms with E-state index in [9.17, 15) is 53.4 Å². The molecule has 10 rings (SSSR count). The molecule has 0 saturated heterocycles. The third-order valence-electron chi connectivity index (χ3n) is 20.6. The third-order valence-corrected chi connectivity index (χ3v) is 24.0. The normalized spacial score (nSPS) is 14.1. The first kappa shape index (κ1) is 92.6. The zero-order valence-electron chi connectivity index (χ0n) is 68.0. The van der Waals surface area contributed by atoms with Crippen LogP contribution in [0, 0.1) is 6.92 Å². The molecular weight excluding hydrogens is 1450 g/mol. The average molecular weight is 1570 g/mol. The molecule has 8 aromatic rings. The lowest BCUT2D eigenvalue weighted by Gasteiger charge is -2.41. The van der Waals surface area contributed by atoms with Gasteiger partial charge in [0.1, 0.15) is 11.0 Å². The van der Waals surface area contributed by atoms with Gasteiger partial charge in [0.15, 0.2) is 0 Å². The lowest BCUT2D eigenvalue weighted by Crippen LogP contribution is -2.39. The molecule has 2 aliphatic rings. The van der Waals surface area contributed by atoms with Crippen molar-refractivity contribution in [1.29, 1.82) is 0 Å². The van der Waals surface area contributed by atoms with Crippen molar-refractivity contribution >= 4 is 45.7 Å². The number of aliphatic hydroxyl groups excluding tert-OH is 8. The van der Waals surface area contributed by atoms with Crippen LogP contribution in [-0.2, 0) is 107 Å². The Balaban J connectivity index is 0.000000224.